The highest BCUT2D eigenvalue weighted by molar-refractivity contribution is 6.04. The number of phenols is 1. The first-order valence-corrected chi connectivity index (χ1v) is 12.2. The molecule has 1 aromatic heterocycles. The smallest absolute Gasteiger partial charge is 0.333 e. The third-order valence-corrected chi connectivity index (χ3v) is 6.25. The van der Waals surface area contributed by atoms with E-state index in [4.69, 9.17) is 10.1 Å². The van der Waals surface area contributed by atoms with Gasteiger partial charge in [-0.05, 0) is 49.0 Å². The van der Waals surface area contributed by atoms with Crippen LogP contribution in [0.3, 0.4) is 0 Å². The van der Waals surface area contributed by atoms with Gasteiger partial charge in [0.2, 0.25) is 0 Å². The summed E-state index contributed by atoms with van der Waals surface area (Å²) < 4.78 is 5.02. The largest absolute Gasteiger partial charge is 0.507 e. The summed E-state index contributed by atoms with van der Waals surface area (Å²) in [5.41, 5.74) is 3.64. The van der Waals surface area contributed by atoms with E-state index in [1.165, 1.54) is 0 Å². The molecule has 0 amide bonds. The van der Waals surface area contributed by atoms with Gasteiger partial charge in [-0.3, -0.25) is 10.2 Å². The van der Waals surface area contributed by atoms with Crippen LogP contribution in [-0.2, 0) is 26.9 Å². The standard InChI is InChI=1S/C29H37N3O4/c1-9-36-27(35)17(2)12-20-11-10-18-15-32(26(30)24(18)31-20)16-23(33)19-13-21(28(3,4)5)25(34)22(14-19)29(6,7)8/h10-14,30,34H,9,15-16H2,1-8H3. The lowest BCUT2D eigenvalue weighted by Gasteiger charge is -2.28. The lowest BCUT2D eigenvalue weighted by atomic mass is 9.78. The minimum atomic E-state index is -0.403. The van der Waals surface area contributed by atoms with Crippen molar-refractivity contribution in [2.75, 3.05) is 13.2 Å². The minimum absolute atomic E-state index is 0.0279. The van der Waals surface area contributed by atoms with Crippen LogP contribution >= 0.6 is 0 Å². The number of nitrogens with zero attached hydrogens (tertiary/aromatic N) is 2. The summed E-state index contributed by atoms with van der Waals surface area (Å²) in [6.07, 6.45) is 1.64. The molecule has 2 aromatic rings. The van der Waals surface area contributed by atoms with Crippen molar-refractivity contribution in [2.24, 2.45) is 0 Å². The number of carbonyl (C=O) groups is 2. The van der Waals surface area contributed by atoms with E-state index in [-0.39, 0.29) is 34.7 Å². The van der Waals surface area contributed by atoms with Gasteiger partial charge in [-0.25, -0.2) is 9.78 Å². The molecule has 0 spiro atoms. The molecule has 0 atom stereocenters. The van der Waals surface area contributed by atoms with Gasteiger partial charge in [0, 0.05) is 34.4 Å². The van der Waals surface area contributed by atoms with Crippen molar-refractivity contribution in [3.05, 3.63) is 63.5 Å². The van der Waals surface area contributed by atoms with E-state index in [2.05, 4.69) is 4.98 Å². The van der Waals surface area contributed by atoms with Crippen LogP contribution in [0.25, 0.3) is 6.08 Å². The van der Waals surface area contributed by atoms with Crippen molar-refractivity contribution in [1.29, 1.82) is 5.41 Å². The highest BCUT2D eigenvalue weighted by Gasteiger charge is 2.31. The summed E-state index contributed by atoms with van der Waals surface area (Å²) >= 11 is 0. The minimum Gasteiger partial charge on any atom is -0.507 e. The topological polar surface area (TPSA) is 104 Å². The maximum Gasteiger partial charge on any atom is 0.333 e. The molecule has 0 bridgehead atoms. The molecule has 3 rings (SSSR count). The van der Waals surface area contributed by atoms with Crippen molar-refractivity contribution in [1.82, 2.24) is 9.88 Å². The molecule has 1 aliphatic rings. The zero-order chi connectivity index (χ0) is 27.0. The number of aromatic hydroxyl groups is 1. The van der Waals surface area contributed by atoms with Crippen molar-refractivity contribution < 1.29 is 19.4 Å². The number of carbonyl (C=O) groups excluding carboxylic acids is 2. The SMILES string of the molecule is CCOC(=O)C(C)=Cc1ccc2c(n1)C(=N)N(CC(=O)c1cc(C(C)(C)C)c(O)c(C(C)(C)C)c1)C2. The molecule has 1 aliphatic heterocycles. The van der Waals surface area contributed by atoms with Crippen molar-refractivity contribution in [3.63, 3.8) is 0 Å². The van der Waals surface area contributed by atoms with Gasteiger partial charge in [0.1, 0.15) is 17.3 Å². The van der Waals surface area contributed by atoms with E-state index in [0.29, 0.717) is 35.7 Å². The van der Waals surface area contributed by atoms with Crippen LogP contribution in [0.15, 0.2) is 29.8 Å². The van der Waals surface area contributed by atoms with Crippen LogP contribution in [0.5, 0.6) is 5.75 Å². The highest BCUT2D eigenvalue weighted by atomic mass is 16.5. The molecule has 0 unspecified atom stereocenters. The number of phenolic OH excluding ortho intramolecular Hbond substituents is 1. The zero-order valence-corrected chi connectivity index (χ0v) is 22.6. The van der Waals surface area contributed by atoms with E-state index in [9.17, 15) is 14.7 Å². The maximum atomic E-state index is 13.4. The third kappa shape index (κ3) is 5.66. The first-order chi connectivity index (χ1) is 16.6. The highest BCUT2D eigenvalue weighted by Crippen LogP contribution is 2.40. The number of esters is 1. The van der Waals surface area contributed by atoms with Crippen molar-refractivity contribution in [3.8, 4) is 5.75 Å². The number of nitrogens with one attached hydrogen (secondary N) is 1. The number of Topliss-reactive ketones (excluding diaryl/α,β-unsaturated/α-hetero) is 1. The quantitative estimate of drug-likeness (QED) is 0.320. The Bertz CT molecular complexity index is 1210. The zero-order valence-electron chi connectivity index (χ0n) is 22.6. The number of fused-ring (bicyclic) bond motifs is 1. The monoisotopic (exact) mass is 491 g/mol. The third-order valence-electron chi connectivity index (χ3n) is 6.25. The summed E-state index contributed by atoms with van der Waals surface area (Å²) in [6, 6.07) is 7.23. The number of ketones is 1. The lowest BCUT2D eigenvalue weighted by Crippen LogP contribution is -2.31. The van der Waals surface area contributed by atoms with E-state index in [1.807, 2.05) is 47.6 Å². The molecule has 0 saturated heterocycles. The van der Waals surface area contributed by atoms with Crippen LogP contribution in [-0.4, -0.2) is 45.7 Å². The van der Waals surface area contributed by atoms with Crippen LogP contribution < -0.4 is 0 Å². The van der Waals surface area contributed by atoms with Gasteiger partial charge in [-0.1, -0.05) is 47.6 Å². The van der Waals surface area contributed by atoms with Crippen LogP contribution in [0.1, 0.15) is 93.8 Å². The summed E-state index contributed by atoms with van der Waals surface area (Å²) in [4.78, 5) is 31.6. The molecule has 0 saturated carbocycles. The molecule has 7 heteroatoms. The second-order valence-electron chi connectivity index (χ2n) is 11.3. The summed E-state index contributed by atoms with van der Waals surface area (Å²) in [5.74, 6) is -0.119. The van der Waals surface area contributed by atoms with Gasteiger partial charge in [0.15, 0.2) is 5.78 Å². The lowest BCUT2D eigenvalue weighted by molar-refractivity contribution is -0.138. The molecule has 0 radical (unpaired) electrons. The number of hydrogen-bond donors (Lipinski definition) is 2. The van der Waals surface area contributed by atoms with Crippen molar-refractivity contribution in [2.45, 2.75) is 72.8 Å². The molecular weight excluding hydrogens is 454 g/mol. The van der Waals surface area contributed by atoms with Gasteiger partial charge >= 0.3 is 5.97 Å². The number of amidine groups is 1. The Morgan fingerprint density at radius 2 is 1.69 bits per heavy atom. The molecule has 2 heterocycles. The fourth-order valence-corrected chi connectivity index (χ4v) is 4.21. The molecule has 7 nitrogen and oxygen atoms in total. The molecule has 36 heavy (non-hydrogen) atoms. The van der Waals surface area contributed by atoms with Gasteiger partial charge in [-0.15, -0.1) is 0 Å². The number of pyridine rings is 1. The Morgan fingerprint density at radius 3 is 2.22 bits per heavy atom. The predicted molar refractivity (Wildman–Crippen MR) is 142 cm³/mol. The number of hydrogen-bond acceptors (Lipinski definition) is 6. The second kappa shape index (κ2) is 9.88. The van der Waals surface area contributed by atoms with Crippen LogP contribution in [0.2, 0.25) is 0 Å². The normalized spacial score (nSPS) is 14.2. The summed E-state index contributed by atoms with van der Waals surface area (Å²) in [5, 5.41) is 19.6. The average molecular weight is 492 g/mol. The molecule has 1 aromatic carbocycles. The van der Waals surface area contributed by atoms with E-state index >= 15 is 0 Å². The van der Waals surface area contributed by atoms with Crippen molar-refractivity contribution >= 4 is 23.7 Å². The second-order valence-corrected chi connectivity index (χ2v) is 11.3. The first-order valence-electron chi connectivity index (χ1n) is 12.2. The summed E-state index contributed by atoms with van der Waals surface area (Å²) in [6.45, 7) is 16.2. The van der Waals surface area contributed by atoms with E-state index in [1.54, 1.807) is 43.0 Å². The molecular formula is C29H37N3O4. The maximum absolute atomic E-state index is 13.4. The van der Waals surface area contributed by atoms with E-state index < -0.39 is 5.97 Å². The Balaban J connectivity index is 1.87. The number of aromatic nitrogens is 1. The molecule has 0 aliphatic carbocycles. The Labute approximate surface area is 213 Å². The number of rotatable bonds is 6. The number of benzene rings is 1. The van der Waals surface area contributed by atoms with Gasteiger partial charge in [0.25, 0.3) is 0 Å². The number of ether oxygens (including phenoxy) is 1. The fraction of sp³-hybridized carbons (Fsp3) is 0.448. The fourth-order valence-electron chi connectivity index (χ4n) is 4.21. The predicted octanol–water partition coefficient (Wildman–Crippen LogP) is 5.37. The Kier molecular flexibility index (Phi) is 7.44. The molecule has 0 fully saturated rings. The van der Waals surface area contributed by atoms with Crippen LogP contribution in [0.4, 0.5) is 0 Å². The van der Waals surface area contributed by atoms with Gasteiger partial charge in [-0.2, -0.15) is 0 Å². The molecule has 2 N–H and O–H groups in total. The van der Waals surface area contributed by atoms with Gasteiger partial charge < -0.3 is 14.7 Å². The van der Waals surface area contributed by atoms with Gasteiger partial charge in [0.05, 0.1) is 18.8 Å². The van der Waals surface area contributed by atoms with E-state index in [0.717, 1.165) is 16.7 Å². The van der Waals surface area contributed by atoms with Crippen LogP contribution in [0, 0.1) is 5.41 Å². The molecule has 192 valence electrons. The Morgan fingerprint density at radius 1 is 1.11 bits per heavy atom. The first kappa shape index (κ1) is 27.1. The average Bonchev–Trinajstić information content (AvgIpc) is 3.07. The Hall–Kier alpha value is -3.48. The summed E-state index contributed by atoms with van der Waals surface area (Å²) in [7, 11) is 0.